The van der Waals surface area contributed by atoms with Crippen molar-refractivity contribution >= 4 is 51.8 Å². The van der Waals surface area contributed by atoms with Crippen LogP contribution in [0.1, 0.15) is 38.5 Å². The van der Waals surface area contributed by atoms with E-state index in [1.807, 2.05) is 6.07 Å². The maximum Gasteiger partial charge on any atom is 0.262 e. The zero-order valence-corrected chi connectivity index (χ0v) is 20.3. The van der Waals surface area contributed by atoms with Crippen LogP contribution >= 0.6 is 23.4 Å². The first-order chi connectivity index (χ1) is 16.5. The van der Waals surface area contributed by atoms with Crippen LogP contribution in [-0.4, -0.2) is 33.2 Å². The lowest BCUT2D eigenvalue weighted by Gasteiger charge is -2.23. The number of benzene rings is 2. The highest BCUT2D eigenvalue weighted by atomic mass is 35.5. The van der Waals surface area contributed by atoms with Gasteiger partial charge in [0.05, 0.1) is 27.4 Å². The molecule has 4 rings (SSSR count). The monoisotopic (exact) mass is 498 g/mol. The van der Waals surface area contributed by atoms with E-state index in [0.717, 1.165) is 37.4 Å². The van der Waals surface area contributed by atoms with Crippen LogP contribution in [0.4, 0.5) is 5.69 Å². The summed E-state index contributed by atoms with van der Waals surface area (Å²) in [5.74, 6) is -0.286. The first-order valence-electron chi connectivity index (χ1n) is 11.5. The van der Waals surface area contributed by atoms with Gasteiger partial charge in [-0.25, -0.2) is 4.98 Å². The van der Waals surface area contributed by atoms with Gasteiger partial charge in [0.25, 0.3) is 5.56 Å². The molecule has 0 bridgehead atoms. The highest BCUT2D eigenvalue weighted by Crippen LogP contribution is 2.23. The summed E-state index contributed by atoms with van der Waals surface area (Å²) in [7, 11) is 0. The molecule has 1 aliphatic rings. The predicted octanol–water partition coefficient (Wildman–Crippen LogP) is 4.62. The molecule has 0 unspecified atom stereocenters. The summed E-state index contributed by atoms with van der Waals surface area (Å²) in [4.78, 5) is 42.9. The van der Waals surface area contributed by atoms with Gasteiger partial charge < -0.3 is 10.6 Å². The van der Waals surface area contributed by atoms with E-state index in [2.05, 4.69) is 15.6 Å². The number of anilines is 1. The number of carbonyl (C=O) groups is 2. The van der Waals surface area contributed by atoms with Crippen LogP contribution in [0.2, 0.25) is 5.02 Å². The van der Waals surface area contributed by atoms with Crippen molar-refractivity contribution in [3.05, 3.63) is 63.9 Å². The number of hydrogen-bond acceptors (Lipinski definition) is 5. The maximum atomic E-state index is 13.2. The molecular formula is C25H27ClN4O3S. The molecular weight excluding hydrogens is 472 g/mol. The van der Waals surface area contributed by atoms with Crippen LogP contribution in [0, 0.1) is 0 Å². The minimum absolute atomic E-state index is 0.0459. The average Bonchev–Trinajstić information content (AvgIpc) is 2.84. The van der Waals surface area contributed by atoms with Crippen molar-refractivity contribution in [2.24, 2.45) is 0 Å². The molecule has 1 fully saturated rings. The number of amides is 2. The summed E-state index contributed by atoms with van der Waals surface area (Å²) >= 11 is 7.28. The quantitative estimate of drug-likeness (QED) is 0.349. The summed E-state index contributed by atoms with van der Waals surface area (Å²) in [6, 6.07) is 14.3. The molecule has 0 aliphatic heterocycles. The number of rotatable bonds is 8. The summed E-state index contributed by atoms with van der Waals surface area (Å²) in [5.41, 5.74) is 0.868. The van der Waals surface area contributed by atoms with Gasteiger partial charge in [0.15, 0.2) is 5.16 Å². The molecule has 1 aliphatic carbocycles. The van der Waals surface area contributed by atoms with E-state index in [0.29, 0.717) is 26.8 Å². The lowest BCUT2D eigenvalue weighted by Crippen LogP contribution is -2.37. The van der Waals surface area contributed by atoms with Crippen LogP contribution in [0.25, 0.3) is 10.9 Å². The summed E-state index contributed by atoms with van der Waals surface area (Å²) in [6.07, 6.45) is 5.67. The molecule has 0 atom stereocenters. The number of nitrogens with one attached hydrogen (secondary N) is 2. The molecule has 34 heavy (non-hydrogen) atoms. The minimum atomic E-state index is -0.262. The number of para-hydroxylation sites is 2. The number of carbonyl (C=O) groups excluding carboxylic acids is 2. The van der Waals surface area contributed by atoms with Gasteiger partial charge in [-0.3, -0.25) is 19.0 Å². The Bertz CT molecular complexity index is 1240. The predicted molar refractivity (Wildman–Crippen MR) is 136 cm³/mol. The fourth-order valence-electron chi connectivity index (χ4n) is 4.09. The third kappa shape index (κ3) is 6.18. The third-order valence-electron chi connectivity index (χ3n) is 5.84. The first kappa shape index (κ1) is 24.3. The number of nitrogens with zero attached hydrogens (tertiary/aromatic N) is 2. The first-order valence-corrected chi connectivity index (χ1v) is 12.8. The molecule has 0 spiro atoms. The Morgan fingerprint density at radius 3 is 2.56 bits per heavy atom. The van der Waals surface area contributed by atoms with Gasteiger partial charge in [-0.1, -0.05) is 66.9 Å². The topological polar surface area (TPSA) is 93.1 Å². The van der Waals surface area contributed by atoms with Crippen molar-refractivity contribution in [1.82, 2.24) is 14.9 Å². The molecule has 178 valence electrons. The molecule has 2 N–H and O–H groups in total. The Morgan fingerprint density at radius 1 is 1.03 bits per heavy atom. The largest absolute Gasteiger partial charge is 0.353 e. The second-order valence-electron chi connectivity index (χ2n) is 8.34. The Kier molecular flexibility index (Phi) is 8.24. The summed E-state index contributed by atoms with van der Waals surface area (Å²) in [5, 5.41) is 7.21. The molecule has 9 heteroatoms. The number of hydrogen-bond donors (Lipinski definition) is 2. The number of thioether (sulfide) groups is 1. The Hall–Kier alpha value is -2.84. The van der Waals surface area contributed by atoms with Crippen molar-refractivity contribution in [2.45, 2.75) is 56.3 Å². The molecule has 3 aromatic rings. The van der Waals surface area contributed by atoms with E-state index in [9.17, 15) is 14.4 Å². The van der Waals surface area contributed by atoms with Crippen LogP contribution in [0.15, 0.2) is 58.5 Å². The molecule has 1 saturated carbocycles. The van der Waals surface area contributed by atoms with Gasteiger partial charge in [-0.15, -0.1) is 0 Å². The molecule has 2 amide bonds. The smallest absolute Gasteiger partial charge is 0.262 e. The van der Waals surface area contributed by atoms with Crippen molar-refractivity contribution < 1.29 is 9.59 Å². The van der Waals surface area contributed by atoms with Gasteiger partial charge in [-0.2, -0.15) is 0 Å². The van der Waals surface area contributed by atoms with Crippen LogP contribution in [-0.2, 0) is 16.1 Å². The Balaban J connectivity index is 1.48. The molecule has 0 radical (unpaired) electrons. The van der Waals surface area contributed by atoms with Gasteiger partial charge >= 0.3 is 0 Å². The Labute approximate surface area is 207 Å². The van der Waals surface area contributed by atoms with Crippen molar-refractivity contribution in [1.29, 1.82) is 0 Å². The van der Waals surface area contributed by atoms with Crippen LogP contribution in [0.3, 0.4) is 0 Å². The van der Waals surface area contributed by atoms with Gasteiger partial charge in [0.1, 0.15) is 0 Å². The second-order valence-corrected chi connectivity index (χ2v) is 9.69. The molecule has 0 saturated heterocycles. The van der Waals surface area contributed by atoms with Crippen molar-refractivity contribution in [3.8, 4) is 0 Å². The molecule has 1 aromatic heterocycles. The lowest BCUT2D eigenvalue weighted by atomic mass is 9.95. The van der Waals surface area contributed by atoms with E-state index in [1.54, 1.807) is 42.5 Å². The highest BCUT2D eigenvalue weighted by Gasteiger charge is 2.18. The third-order valence-corrected chi connectivity index (χ3v) is 7.15. The van der Waals surface area contributed by atoms with Gasteiger partial charge in [-0.05, 0) is 37.1 Å². The number of halogens is 1. The van der Waals surface area contributed by atoms with E-state index in [-0.39, 0.29) is 42.1 Å². The van der Waals surface area contributed by atoms with Crippen molar-refractivity contribution in [3.63, 3.8) is 0 Å². The van der Waals surface area contributed by atoms with Crippen molar-refractivity contribution in [2.75, 3.05) is 11.1 Å². The van der Waals surface area contributed by atoms with E-state index >= 15 is 0 Å². The zero-order chi connectivity index (χ0) is 23.9. The second kappa shape index (κ2) is 11.5. The Morgan fingerprint density at radius 2 is 1.76 bits per heavy atom. The standard InChI is InChI=1S/C25H27ClN4O3S/c26-19-11-5-7-13-21(19)28-23(32)16-34-25-29-20-12-6-4-10-18(20)24(33)30(25)15-14-22(31)27-17-8-2-1-3-9-17/h4-7,10-13,17H,1-3,8-9,14-16H2,(H,27,31)(H,28,32). The minimum Gasteiger partial charge on any atom is -0.353 e. The molecule has 1 heterocycles. The van der Waals surface area contributed by atoms with E-state index < -0.39 is 0 Å². The van der Waals surface area contributed by atoms with Crippen LogP contribution < -0.4 is 16.2 Å². The van der Waals surface area contributed by atoms with Gasteiger partial charge in [0.2, 0.25) is 11.8 Å². The van der Waals surface area contributed by atoms with E-state index in [1.165, 1.54) is 11.0 Å². The van der Waals surface area contributed by atoms with E-state index in [4.69, 9.17) is 11.6 Å². The summed E-state index contributed by atoms with van der Waals surface area (Å²) < 4.78 is 1.50. The number of fused-ring (bicyclic) bond motifs is 1. The fraction of sp³-hybridized carbons (Fsp3) is 0.360. The molecule has 7 nitrogen and oxygen atoms in total. The average molecular weight is 499 g/mol. The normalized spacial score (nSPS) is 14.1. The molecule has 2 aromatic carbocycles. The lowest BCUT2D eigenvalue weighted by molar-refractivity contribution is -0.122. The zero-order valence-electron chi connectivity index (χ0n) is 18.8. The highest BCUT2D eigenvalue weighted by molar-refractivity contribution is 7.99. The van der Waals surface area contributed by atoms with Gasteiger partial charge in [0, 0.05) is 19.0 Å². The SMILES string of the molecule is O=C(CSc1nc2ccccc2c(=O)n1CCC(=O)NC1CCCCC1)Nc1ccccc1Cl. The van der Waals surface area contributed by atoms with Crippen LogP contribution in [0.5, 0.6) is 0 Å². The number of aromatic nitrogens is 2. The maximum absolute atomic E-state index is 13.2. The summed E-state index contributed by atoms with van der Waals surface area (Å²) in [6.45, 7) is 0.198. The fourth-order valence-corrected chi connectivity index (χ4v) is 5.10.